The third kappa shape index (κ3) is 3.43. The highest BCUT2D eigenvalue weighted by atomic mass is 19.1. The number of aromatic nitrogens is 1. The molecule has 24 heavy (non-hydrogen) atoms. The van der Waals surface area contributed by atoms with E-state index in [0.29, 0.717) is 22.3 Å². The summed E-state index contributed by atoms with van der Waals surface area (Å²) in [5.41, 5.74) is 2.31. The maximum Gasteiger partial charge on any atom is 0.228 e. The number of hydrogen-bond donors (Lipinski definition) is 3. The summed E-state index contributed by atoms with van der Waals surface area (Å²) in [6, 6.07) is 11.6. The number of carbonyl (C=O) groups is 2. The Bertz CT molecular complexity index is 918. The minimum absolute atomic E-state index is 0.119. The van der Waals surface area contributed by atoms with Crippen molar-refractivity contribution in [3.8, 4) is 0 Å². The summed E-state index contributed by atoms with van der Waals surface area (Å²) in [7, 11) is 0. The first-order valence-corrected chi connectivity index (χ1v) is 7.45. The summed E-state index contributed by atoms with van der Waals surface area (Å²) in [5.74, 6) is -0.749. The number of aromatic amines is 1. The lowest BCUT2D eigenvalue weighted by Crippen LogP contribution is -2.14. The van der Waals surface area contributed by atoms with E-state index in [0.717, 1.165) is 5.56 Å². The molecule has 1 heterocycles. The maximum absolute atomic E-state index is 13.7. The van der Waals surface area contributed by atoms with Crippen molar-refractivity contribution in [3.05, 3.63) is 60.0 Å². The van der Waals surface area contributed by atoms with Crippen molar-refractivity contribution in [3.63, 3.8) is 0 Å². The van der Waals surface area contributed by atoms with Crippen LogP contribution in [0.5, 0.6) is 0 Å². The van der Waals surface area contributed by atoms with Crippen LogP contribution >= 0.6 is 0 Å². The summed E-state index contributed by atoms with van der Waals surface area (Å²) in [6.07, 6.45) is 1.76. The number of anilines is 2. The minimum Gasteiger partial charge on any atom is -0.359 e. The summed E-state index contributed by atoms with van der Waals surface area (Å²) in [6.45, 7) is 1.42. The van der Waals surface area contributed by atoms with Gasteiger partial charge in [0.2, 0.25) is 11.8 Å². The second-order valence-electron chi connectivity index (χ2n) is 5.46. The fourth-order valence-electron chi connectivity index (χ4n) is 2.58. The van der Waals surface area contributed by atoms with Gasteiger partial charge in [0.25, 0.3) is 0 Å². The Kier molecular flexibility index (Phi) is 4.29. The van der Waals surface area contributed by atoms with Gasteiger partial charge in [-0.05, 0) is 29.8 Å². The van der Waals surface area contributed by atoms with Crippen molar-refractivity contribution in [2.45, 2.75) is 13.3 Å². The predicted molar refractivity (Wildman–Crippen MR) is 91.3 cm³/mol. The van der Waals surface area contributed by atoms with Crippen LogP contribution in [0.1, 0.15) is 12.5 Å². The average Bonchev–Trinajstić information content (AvgIpc) is 2.91. The lowest BCUT2D eigenvalue weighted by molar-refractivity contribution is -0.115. The zero-order valence-electron chi connectivity index (χ0n) is 13.0. The zero-order valence-corrected chi connectivity index (χ0v) is 13.0. The SMILES string of the molecule is CC(=O)Nc1cccc(NC(=O)Cc2c[nH]c3c(F)cccc23)c1. The number of rotatable bonds is 4. The first-order valence-electron chi connectivity index (χ1n) is 7.45. The monoisotopic (exact) mass is 325 g/mol. The van der Waals surface area contributed by atoms with Gasteiger partial charge < -0.3 is 15.6 Å². The lowest BCUT2D eigenvalue weighted by atomic mass is 10.1. The molecule has 122 valence electrons. The fourth-order valence-corrected chi connectivity index (χ4v) is 2.58. The lowest BCUT2D eigenvalue weighted by Gasteiger charge is -2.07. The number of amides is 2. The van der Waals surface area contributed by atoms with E-state index >= 15 is 0 Å². The van der Waals surface area contributed by atoms with E-state index in [9.17, 15) is 14.0 Å². The van der Waals surface area contributed by atoms with Crippen LogP contribution in [0.2, 0.25) is 0 Å². The van der Waals surface area contributed by atoms with Crippen LogP contribution < -0.4 is 10.6 Å². The van der Waals surface area contributed by atoms with Crippen LogP contribution in [0.3, 0.4) is 0 Å². The Hall–Kier alpha value is -3.15. The molecule has 0 spiro atoms. The standard InChI is InChI=1S/C18H16FN3O2/c1-11(23)21-13-4-2-5-14(9-13)22-17(24)8-12-10-20-18-15(12)6-3-7-16(18)19/h2-7,9-10,20H,8H2,1H3,(H,21,23)(H,22,24). The molecule has 0 saturated heterocycles. The first-order chi connectivity index (χ1) is 11.5. The molecular weight excluding hydrogens is 309 g/mol. The number of halogens is 1. The average molecular weight is 325 g/mol. The van der Waals surface area contributed by atoms with Crippen LogP contribution in [-0.4, -0.2) is 16.8 Å². The van der Waals surface area contributed by atoms with E-state index in [1.165, 1.54) is 13.0 Å². The molecule has 0 saturated carbocycles. The molecule has 0 atom stereocenters. The molecule has 3 N–H and O–H groups in total. The van der Waals surface area contributed by atoms with Crippen molar-refractivity contribution < 1.29 is 14.0 Å². The predicted octanol–water partition coefficient (Wildman–Crippen LogP) is 3.45. The van der Waals surface area contributed by atoms with E-state index in [1.54, 1.807) is 42.6 Å². The molecule has 0 unspecified atom stereocenters. The molecule has 0 radical (unpaired) electrons. The van der Waals surface area contributed by atoms with Gasteiger partial charge in [-0.2, -0.15) is 0 Å². The van der Waals surface area contributed by atoms with Crippen molar-refractivity contribution in [2.75, 3.05) is 10.6 Å². The van der Waals surface area contributed by atoms with Crippen molar-refractivity contribution in [1.82, 2.24) is 4.98 Å². The molecule has 0 bridgehead atoms. The van der Waals surface area contributed by atoms with Crippen LogP contribution in [0.15, 0.2) is 48.7 Å². The fraction of sp³-hybridized carbons (Fsp3) is 0.111. The Balaban J connectivity index is 1.73. The number of hydrogen-bond acceptors (Lipinski definition) is 2. The van der Waals surface area contributed by atoms with E-state index in [2.05, 4.69) is 15.6 Å². The Morgan fingerprint density at radius 2 is 1.79 bits per heavy atom. The number of benzene rings is 2. The number of H-pyrrole nitrogens is 1. The molecule has 0 aliphatic rings. The van der Waals surface area contributed by atoms with Gasteiger partial charge in [-0.1, -0.05) is 18.2 Å². The zero-order chi connectivity index (χ0) is 17.1. The second-order valence-corrected chi connectivity index (χ2v) is 5.46. The largest absolute Gasteiger partial charge is 0.359 e. The number of para-hydroxylation sites is 1. The Morgan fingerprint density at radius 3 is 2.54 bits per heavy atom. The van der Waals surface area contributed by atoms with E-state index in [-0.39, 0.29) is 24.1 Å². The highest BCUT2D eigenvalue weighted by Gasteiger charge is 2.11. The number of nitrogens with one attached hydrogen (secondary N) is 3. The van der Waals surface area contributed by atoms with E-state index in [1.807, 2.05) is 0 Å². The third-order valence-corrected chi connectivity index (χ3v) is 3.57. The van der Waals surface area contributed by atoms with Gasteiger partial charge >= 0.3 is 0 Å². The molecule has 3 rings (SSSR count). The van der Waals surface area contributed by atoms with Crippen LogP contribution in [-0.2, 0) is 16.0 Å². The van der Waals surface area contributed by atoms with Crippen LogP contribution in [0.25, 0.3) is 10.9 Å². The van der Waals surface area contributed by atoms with Gasteiger partial charge in [0.15, 0.2) is 0 Å². The molecular formula is C18H16FN3O2. The molecule has 3 aromatic rings. The normalized spacial score (nSPS) is 10.6. The number of carbonyl (C=O) groups excluding carboxylic acids is 2. The third-order valence-electron chi connectivity index (χ3n) is 3.57. The molecule has 5 nitrogen and oxygen atoms in total. The van der Waals surface area contributed by atoms with Gasteiger partial charge in [0.1, 0.15) is 5.82 Å². The summed E-state index contributed by atoms with van der Waals surface area (Å²) in [5, 5.41) is 6.12. The topological polar surface area (TPSA) is 74.0 Å². The molecule has 1 aromatic heterocycles. The molecule has 6 heteroatoms. The summed E-state index contributed by atoms with van der Waals surface area (Å²) < 4.78 is 13.7. The molecule has 2 amide bonds. The minimum atomic E-state index is -0.345. The van der Waals surface area contributed by atoms with Crippen LogP contribution in [0, 0.1) is 5.82 Å². The smallest absolute Gasteiger partial charge is 0.228 e. The van der Waals surface area contributed by atoms with E-state index < -0.39 is 0 Å². The quantitative estimate of drug-likeness (QED) is 0.687. The summed E-state index contributed by atoms with van der Waals surface area (Å²) in [4.78, 5) is 26.2. The Labute approximate surface area is 137 Å². The second kappa shape index (κ2) is 6.54. The molecule has 0 fully saturated rings. The highest BCUT2D eigenvalue weighted by molar-refractivity contribution is 5.96. The molecule has 0 aliphatic carbocycles. The van der Waals surface area contributed by atoms with Gasteiger partial charge in [0, 0.05) is 29.9 Å². The van der Waals surface area contributed by atoms with Crippen LogP contribution in [0.4, 0.5) is 15.8 Å². The van der Waals surface area contributed by atoms with Gasteiger partial charge in [-0.25, -0.2) is 4.39 Å². The highest BCUT2D eigenvalue weighted by Crippen LogP contribution is 2.22. The van der Waals surface area contributed by atoms with Gasteiger partial charge in [-0.3, -0.25) is 9.59 Å². The Morgan fingerprint density at radius 1 is 1.08 bits per heavy atom. The molecule has 2 aromatic carbocycles. The van der Waals surface area contributed by atoms with Crippen molar-refractivity contribution >= 4 is 34.1 Å². The number of fused-ring (bicyclic) bond motifs is 1. The van der Waals surface area contributed by atoms with Crippen molar-refractivity contribution in [2.24, 2.45) is 0 Å². The van der Waals surface area contributed by atoms with Gasteiger partial charge in [-0.15, -0.1) is 0 Å². The molecule has 0 aliphatic heterocycles. The summed E-state index contributed by atoms with van der Waals surface area (Å²) >= 11 is 0. The first kappa shape index (κ1) is 15.7. The van der Waals surface area contributed by atoms with Crippen molar-refractivity contribution in [1.29, 1.82) is 0 Å². The maximum atomic E-state index is 13.7. The van der Waals surface area contributed by atoms with E-state index in [4.69, 9.17) is 0 Å². The van der Waals surface area contributed by atoms with Gasteiger partial charge in [0.05, 0.1) is 11.9 Å².